The van der Waals surface area contributed by atoms with Crippen LogP contribution in [0.3, 0.4) is 0 Å². The molecule has 0 saturated heterocycles. The zero-order valence-corrected chi connectivity index (χ0v) is 13.2. The molecule has 0 spiro atoms. The lowest BCUT2D eigenvalue weighted by atomic mass is 10.2. The quantitative estimate of drug-likeness (QED) is 0.855. The predicted octanol–water partition coefficient (Wildman–Crippen LogP) is 3.58. The number of thioether (sulfide) groups is 1. The number of hydrogen-bond donors (Lipinski definition) is 2. The lowest BCUT2D eigenvalue weighted by Gasteiger charge is -2.07. The highest BCUT2D eigenvalue weighted by molar-refractivity contribution is 7.99. The van der Waals surface area contributed by atoms with Crippen molar-refractivity contribution < 1.29 is 9.59 Å². The molecule has 0 radical (unpaired) electrons. The average Bonchev–Trinajstić information content (AvgIpc) is 2.91. The first-order chi connectivity index (χ1) is 10.1. The number of benzene rings is 1. The number of carbonyl (C=O) groups is 2. The molecule has 0 aliphatic heterocycles. The molecular weight excluding hydrogens is 304 g/mol. The van der Waals surface area contributed by atoms with E-state index >= 15 is 0 Å². The average molecular weight is 320 g/mol. The van der Waals surface area contributed by atoms with Crippen LogP contribution in [0.2, 0.25) is 0 Å². The summed E-state index contributed by atoms with van der Waals surface area (Å²) in [6.07, 6.45) is 0. The smallest absolute Gasteiger partial charge is 0.234 e. The molecule has 0 saturated carbocycles. The van der Waals surface area contributed by atoms with Gasteiger partial charge in [-0.05, 0) is 29.6 Å². The minimum absolute atomic E-state index is 0.0449. The van der Waals surface area contributed by atoms with Crippen LogP contribution in [0, 0.1) is 0 Å². The maximum Gasteiger partial charge on any atom is 0.234 e. The highest BCUT2D eigenvalue weighted by Gasteiger charge is 2.04. The van der Waals surface area contributed by atoms with Crippen molar-refractivity contribution in [1.82, 2.24) is 0 Å². The van der Waals surface area contributed by atoms with Gasteiger partial charge in [0.25, 0.3) is 0 Å². The van der Waals surface area contributed by atoms with Crippen molar-refractivity contribution in [3.05, 3.63) is 46.7 Å². The van der Waals surface area contributed by atoms with Crippen molar-refractivity contribution in [2.45, 2.75) is 12.7 Å². The van der Waals surface area contributed by atoms with E-state index in [0.29, 0.717) is 17.1 Å². The molecule has 0 aliphatic rings. The fourth-order valence-electron chi connectivity index (χ4n) is 1.71. The van der Waals surface area contributed by atoms with E-state index in [4.69, 9.17) is 0 Å². The van der Waals surface area contributed by atoms with E-state index in [1.54, 1.807) is 47.4 Å². The fourth-order valence-corrected chi connectivity index (χ4v) is 3.38. The van der Waals surface area contributed by atoms with Gasteiger partial charge in [-0.1, -0.05) is 12.1 Å². The van der Waals surface area contributed by atoms with E-state index in [9.17, 15) is 9.59 Å². The Labute approximate surface area is 131 Å². The molecule has 110 valence electrons. The maximum absolute atomic E-state index is 11.9. The summed E-state index contributed by atoms with van der Waals surface area (Å²) in [5.74, 6) is 1.07. The lowest BCUT2D eigenvalue weighted by Crippen LogP contribution is -2.14. The lowest BCUT2D eigenvalue weighted by molar-refractivity contribution is -0.114. The summed E-state index contributed by atoms with van der Waals surface area (Å²) in [6, 6.07) is 11.2. The first kappa shape index (κ1) is 15.6. The number of thiophene rings is 1. The van der Waals surface area contributed by atoms with Crippen molar-refractivity contribution in [3.63, 3.8) is 0 Å². The SMILES string of the molecule is CC(=O)Nc1cccc(NC(=O)CSCc2cccs2)c1. The molecule has 1 aromatic carbocycles. The van der Waals surface area contributed by atoms with Crippen LogP contribution in [0.5, 0.6) is 0 Å². The Bertz CT molecular complexity index is 612. The molecule has 4 nitrogen and oxygen atoms in total. The van der Waals surface area contributed by atoms with Gasteiger partial charge in [0.15, 0.2) is 0 Å². The summed E-state index contributed by atoms with van der Waals surface area (Å²) in [6.45, 7) is 1.45. The standard InChI is InChI=1S/C15H16N2O2S2/c1-11(18)16-12-4-2-5-13(8-12)17-15(19)10-20-9-14-6-3-7-21-14/h2-8H,9-10H2,1H3,(H,16,18)(H,17,19). The second-order valence-corrected chi connectivity index (χ2v) is 6.40. The number of hydrogen-bond acceptors (Lipinski definition) is 4. The van der Waals surface area contributed by atoms with Gasteiger partial charge in [0, 0.05) is 28.9 Å². The van der Waals surface area contributed by atoms with E-state index < -0.39 is 0 Å². The van der Waals surface area contributed by atoms with Crippen LogP contribution in [0.25, 0.3) is 0 Å². The molecule has 2 aromatic rings. The van der Waals surface area contributed by atoms with Gasteiger partial charge in [-0.2, -0.15) is 0 Å². The van der Waals surface area contributed by atoms with Gasteiger partial charge in [-0.15, -0.1) is 23.1 Å². The van der Waals surface area contributed by atoms with E-state index in [1.807, 2.05) is 11.4 Å². The number of rotatable bonds is 6. The topological polar surface area (TPSA) is 58.2 Å². The van der Waals surface area contributed by atoms with Crippen LogP contribution in [0.15, 0.2) is 41.8 Å². The molecule has 0 atom stereocenters. The van der Waals surface area contributed by atoms with Crippen LogP contribution < -0.4 is 10.6 Å². The van der Waals surface area contributed by atoms with Crippen molar-refractivity contribution in [2.75, 3.05) is 16.4 Å². The largest absolute Gasteiger partial charge is 0.326 e. The molecule has 1 heterocycles. The second-order valence-electron chi connectivity index (χ2n) is 4.38. The Balaban J connectivity index is 1.80. The molecule has 21 heavy (non-hydrogen) atoms. The monoisotopic (exact) mass is 320 g/mol. The van der Waals surface area contributed by atoms with Gasteiger partial charge in [0.05, 0.1) is 5.75 Å². The highest BCUT2D eigenvalue weighted by atomic mass is 32.2. The molecule has 0 fully saturated rings. The summed E-state index contributed by atoms with van der Waals surface area (Å²) in [5.41, 5.74) is 1.36. The molecule has 0 unspecified atom stereocenters. The van der Waals surface area contributed by atoms with Crippen LogP contribution >= 0.6 is 23.1 Å². The normalized spacial score (nSPS) is 10.1. The number of nitrogens with one attached hydrogen (secondary N) is 2. The minimum Gasteiger partial charge on any atom is -0.326 e. The van der Waals surface area contributed by atoms with Crippen molar-refractivity contribution in [2.24, 2.45) is 0 Å². The Kier molecular flexibility index (Phi) is 5.83. The van der Waals surface area contributed by atoms with Gasteiger partial charge in [-0.25, -0.2) is 0 Å². The third kappa shape index (κ3) is 5.61. The maximum atomic E-state index is 11.9. The number of amides is 2. The summed E-state index contributed by atoms with van der Waals surface area (Å²) < 4.78 is 0. The van der Waals surface area contributed by atoms with Crippen molar-refractivity contribution in [3.8, 4) is 0 Å². The molecule has 2 N–H and O–H groups in total. The van der Waals surface area contributed by atoms with Crippen LogP contribution in [-0.4, -0.2) is 17.6 Å². The Hall–Kier alpha value is -1.79. The first-order valence-electron chi connectivity index (χ1n) is 6.41. The van der Waals surface area contributed by atoms with Gasteiger partial charge in [0.2, 0.25) is 11.8 Å². The van der Waals surface area contributed by atoms with E-state index in [2.05, 4.69) is 16.7 Å². The summed E-state index contributed by atoms with van der Waals surface area (Å²) in [4.78, 5) is 24.1. The van der Waals surface area contributed by atoms with Crippen LogP contribution in [-0.2, 0) is 15.3 Å². The molecule has 1 aromatic heterocycles. The molecule has 0 aliphatic carbocycles. The Morgan fingerprint density at radius 2 is 1.90 bits per heavy atom. The molecule has 2 amide bonds. The predicted molar refractivity (Wildman–Crippen MR) is 89.9 cm³/mol. The van der Waals surface area contributed by atoms with Gasteiger partial charge in [-0.3, -0.25) is 9.59 Å². The van der Waals surface area contributed by atoms with E-state index in [0.717, 1.165) is 5.75 Å². The Morgan fingerprint density at radius 3 is 2.57 bits per heavy atom. The highest BCUT2D eigenvalue weighted by Crippen LogP contribution is 2.18. The summed E-state index contributed by atoms with van der Waals surface area (Å²) in [7, 11) is 0. The van der Waals surface area contributed by atoms with Crippen molar-refractivity contribution >= 4 is 46.3 Å². The zero-order chi connectivity index (χ0) is 15.1. The van der Waals surface area contributed by atoms with Crippen molar-refractivity contribution in [1.29, 1.82) is 0 Å². The number of carbonyl (C=O) groups excluding carboxylic acids is 2. The second kappa shape index (κ2) is 7.85. The first-order valence-corrected chi connectivity index (χ1v) is 8.44. The molecule has 0 bridgehead atoms. The van der Waals surface area contributed by atoms with Crippen LogP contribution in [0.4, 0.5) is 11.4 Å². The van der Waals surface area contributed by atoms with Gasteiger partial charge >= 0.3 is 0 Å². The zero-order valence-electron chi connectivity index (χ0n) is 11.6. The van der Waals surface area contributed by atoms with Crippen LogP contribution in [0.1, 0.15) is 11.8 Å². The van der Waals surface area contributed by atoms with Gasteiger partial charge < -0.3 is 10.6 Å². The summed E-state index contributed by atoms with van der Waals surface area (Å²) >= 11 is 3.28. The third-order valence-electron chi connectivity index (χ3n) is 2.52. The Morgan fingerprint density at radius 1 is 1.14 bits per heavy atom. The number of anilines is 2. The minimum atomic E-state index is -0.134. The molecule has 6 heteroatoms. The van der Waals surface area contributed by atoms with E-state index in [1.165, 1.54) is 11.8 Å². The molecule has 2 rings (SSSR count). The third-order valence-corrected chi connectivity index (χ3v) is 4.56. The molecular formula is C15H16N2O2S2. The van der Waals surface area contributed by atoms with E-state index in [-0.39, 0.29) is 11.8 Å². The fraction of sp³-hybridized carbons (Fsp3) is 0.200. The van der Waals surface area contributed by atoms with Gasteiger partial charge in [0.1, 0.15) is 0 Å². The summed E-state index contributed by atoms with van der Waals surface area (Å²) in [5, 5.41) is 7.55.